The standard InChI is InChI=1S/3C6H10O8.2Al/c3*7-1(3(9)5(11)12)2(8)4(10)6(13)14;;/h3*1-4,7-10H,(H,11,12)(H,13,14);;/q;;;2*+3/p-6/t2*1-,2+,3+,4-;1-,2-,3-,4+;;/m..0../s1. The van der Waals surface area contributed by atoms with Gasteiger partial charge in [0.15, 0.2) is 36.6 Å². The third-order valence-corrected chi connectivity index (χ3v) is 8.26. The van der Waals surface area contributed by atoms with Crippen LogP contribution in [0.25, 0.3) is 0 Å². The minimum Gasteiger partial charge on any atom is -0.549 e. The summed E-state index contributed by atoms with van der Waals surface area (Å²) in [5.74, 6) is -11.6. The number of carbonyl (C=O) groups excluding carboxylic acids is 6. The summed E-state index contributed by atoms with van der Waals surface area (Å²) in [6, 6.07) is 0. The van der Waals surface area contributed by atoms with Crippen molar-refractivity contribution >= 4 is 66.1 Å². The van der Waals surface area contributed by atoms with Gasteiger partial charge in [0, 0.05) is 0 Å². The molecule has 44 heavy (non-hydrogen) atoms. The van der Waals surface area contributed by atoms with Crippen molar-refractivity contribution < 1.29 is 113 Å². The molecule has 0 aliphatic carbocycles. The Morgan fingerprint density at radius 2 is 0.705 bits per heavy atom. The zero-order chi connectivity index (χ0) is 33.8. The summed E-state index contributed by atoms with van der Waals surface area (Å²) in [5.41, 5.74) is 0. The van der Waals surface area contributed by atoms with Gasteiger partial charge in [0.05, 0.1) is 0 Å². The SMILES string of the molecule is O=C1[O][Al]([O]C(=O)[C@@H](O)[C@@H](O)[C@H](O)[C@@H](O)C(=O)[O][Al]2[O]C(=O)[C@@H](O)[C@H](O)[C@H](O)[C@@H](O)C(=O)[O]2)[O]C(=O)[C@H](O)[C@@H](O)[C@@H](O)[C@@H]1O. The van der Waals surface area contributed by atoms with Crippen molar-refractivity contribution in [2.24, 2.45) is 0 Å². The first-order valence-corrected chi connectivity index (χ1v) is 14.5. The first-order valence-electron chi connectivity index (χ1n) is 11.7. The highest BCUT2D eigenvalue weighted by atomic mass is 27.3. The maximum atomic E-state index is 12.2. The zero-order valence-electron chi connectivity index (χ0n) is 21.3. The number of aliphatic hydroxyl groups excluding tert-OH is 12. The lowest BCUT2D eigenvalue weighted by Gasteiger charge is -2.26. The first-order chi connectivity index (χ1) is 20.3. The van der Waals surface area contributed by atoms with E-state index in [1.807, 2.05) is 0 Å². The molecule has 2 rings (SSSR count). The van der Waals surface area contributed by atoms with Gasteiger partial charge in [0.2, 0.25) is 0 Å². The Morgan fingerprint density at radius 3 is 0.909 bits per heavy atom. The van der Waals surface area contributed by atoms with Crippen molar-refractivity contribution in [1.29, 1.82) is 0 Å². The van der Waals surface area contributed by atoms with E-state index in [1.165, 1.54) is 0 Å². The second-order valence-corrected chi connectivity index (χ2v) is 11.4. The number of hydrogen-bond donors (Lipinski definition) is 12. The van der Waals surface area contributed by atoms with Crippen molar-refractivity contribution in [3.05, 3.63) is 0 Å². The normalized spacial score (nSPS) is 33.2. The van der Waals surface area contributed by atoms with E-state index in [0.29, 0.717) is 0 Å². The van der Waals surface area contributed by atoms with E-state index in [1.54, 1.807) is 0 Å². The molecule has 0 aromatic carbocycles. The highest BCUT2D eigenvalue weighted by Gasteiger charge is 2.57. The molecular weight excluding hydrogens is 654 g/mol. The lowest BCUT2D eigenvalue weighted by atomic mass is 10.0. The van der Waals surface area contributed by atoms with Crippen molar-refractivity contribution in [3.63, 3.8) is 0 Å². The molecule has 0 amide bonds. The lowest BCUT2D eigenvalue weighted by molar-refractivity contribution is -0.176. The van der Waals surface area contributed by atoms with E-state index < -0.39 is 139 Å². The highest BCUT2D eigenvalue weighted by molar-refractivity contribution is 6.45. The Balaban J connectivity index is 2.09. The van der Waals surface area contributed by atoms with Crippen LogP contribution in [0.15, 0.2) is 0 Å². The molecule has 0 aromatic heterocycles. The van der Waals surface area contributed by atoms with Gasteiger partial charge in [0.1, 0.15) is 36.6 Å². The van der Waals surface area contributed by atoms with Gasteiger partial charge in [-0.25, -0.2) is 0 Å². The molecule has 2 aliphatic rings. The zero-order valence-corrected chi connectivity index (χ0v) is 23.7. The van der Waals surface area contributed by atoms with Crippen molar-refractivity contribution in [3.8, 4) is 0 Å². The summed E-state index contributed by atoms with van der Waals surface area (Å²) < 4.78 is 26.3. The van der Waals surface area contributed by atoms with Crippen LogP contribution in [-0.2, 0) is 51.5 Å². The quantitative estimate of drug-likeness (QED) is 0.111. The fourth-order valence-electron chi connectivity index (χ4n) is 3.09. The largest absolute Gasteiger partial charge is 1.20 e. The van der Waals surface area contributed by atoms with Crippen LogP contribution in [-0.4, -0.2) is 201 Å². The summed E-state index contributed by atoms with van der Waals surface area (Å²) in [6.45, 7) is 0. The van der Waals surface area contributed by atoms with Crippen LogP contribution in [0.4, 0.5) is 0 Å². The molecule has 0 bridgehead atoms. The molecule has 0 radical (unpaired) electrons. The Labute approximate surface area is 252 Å². The van der Waals surface area contributed by atoms with E-state index in [2.05, 4.69) is 22.7 Å². The van der Waals surface area contributed by atoms with Crippen LogP contribution in [0.2, 0.25) is 0 Å². The molecule has 0 unspecified atom stereocenters. The monoisotopic (exact) mass is 678 g/mol. The minimum atomic E-state index is -4.54. The lowest BCUT2D eigenvalue weighted by Crippen LogP contribution is -2.53. The summed E-state index contributed by atoms with van der Waals surface area (Å²) in [6.07, 6.45) is -32.2. The molecule has 12 atom stereocenters. The Hall–Kier alpha value is -2.60. The van der Waals surface area contributed by atoms with Crippen molar-refractivity contribution in [1.82, 2.24) is 0 Å². The third kappa shape index (κ3) is 8.77. The van der Waals surface area contributed by atoms with Gasteiger partial charge < -0.3 is 84.0 Å². The number of hydrogen-bond acceptors (Lipinski definition) is 24. The van der Waals surface area contributed by atoms with Crippen molar-refractivity contribution in [2.45, 2.75) is 73.2 Å². The van der Waals surface area contributed by atoms with E-state index >= 15 is 0 Å². The van der Waals surface area contributed by atoms with E-state index in [9.17, 15) is 90.0 Å². The van der Waals surface area contributed by atoms with Crippen LogP contribution in [0.5, 0.6) is 0 Å². The average Bonchev–Trinajstić information content (AvgIpc) is 3.02. The second-order valence-electron chi connectivity index (χ2n) is 8.81. The van der Waals surface area contributed by atoms with E-state index in [4.69, 9.17) is 0 Å². The molecular formula is C18H24Al2O24. The highest BCUT2D eigenvalue weighted by Crippen LogP contribution is 2.16. The molecule has 24 nitrogen and oxygen atoms in total. The van der Waals surface area contributed by atoms with Crippen LogP contribution in [0.1, 0.15) is 0 Å². The topological polar surface area (TPSA) is 401 Å². The molecule has 0 saturated carbocycles. The summed E-state index contributed by atoms with van der Waals surface area (Å²) in [7, 11) is 0. The van der Waals surface area contributed by atoms with Gasteiger partial charge in [-0.15, -0.1) is 0 Å². The predicted octanol–water partition coefficient (Wildman–Crippen LogP) is -11.4. The number of carbonyl (C=O) groups is 6. The van der Waals surface area contributed by atoms with E-state index in [-0.39, 0.29) is 0 Å². The van der Waals surface area contributed by atoms with Crippen molar-refractivity contribution in [2.75, 3.05) is 0 Å². The van der Waals surface area contributed by atoms with Gasteiger partial charge in [-0.2, -0.15) is 0 Å². The molecule has 2 heterocycles. The maximum absolute atomic E-state index is 12.2. The number of aliphatic hydroxyl groups is 12. The predicted molar refractivity (Wildman–Crippen MR) is 120 cm³/mol. The fraction of sp³-hybridized carbons (Fsp3) is 0.667. The van der Waals surface area contributed by atoms with Gasteiger partial charge in [-0.1, -0.05) is 0 Å². The summed E-state index contributed by atoms with van der Waals surface area (Å²) in [4.78, 5) is 71.9. The maximum Gasteiger partial charge on any atom is 1.20 e. The molecule has 2 fully saturated rings. The average molecular weight is 678 g/mol. The van der Waals surface area contributed by atoms with Crippen LogP contribution in [0, 0.1) is 0 Å². The van der Waals surface area contributed by atoms with Crippen LogP contribution in [0.3, 0.4) is 0 Å². The van der Waals surface area contributed by atoms with E-state index in [0.717, 1.165) is 0 Å². The van der Waals surface area contributed by atoms with Gasteiger partial charge in [0.25, 0.3) is 0 Å². The van der Waals surface area contributed by atoms with Gasteiger partial charge in [-0.05, 0) is 0 Å². The fourth-order valence-corrected chi connectivity index (χ4v) is 5.35. The summed E-state index contributed by atoms with van der Waals surface area (Å²) in [5, 5.41) is 117. The first kappa shape index (κ1) is 37.6. The number of rotatable bonds is 7. The van der Waals surface area contributed by atoms with Gasteiger partial charge in [-0.3, -0.25) is 28.8 Å². The second kappa shape index (κ2) is 15.6. The molecule has 0 spiro atoms. The third-order valence-electron chi connectivity index (χ3n) is 5.71. The molecule has 12 N–H and O–H groups in total. The summed E-state index contributed by atoms with van der Waals surface area (Å²) >= 11 is -9.08. The van der Waals surface area contributed by atoms with Crippen LogP contribution < -0.4 is 0 Å². The molecule has 0 aromatic rings. The Morgan fingerprint density at radius 1 is 0.500 bits per heavy atom. The smallest absolute Gasteiger partial charge is 0.549 e. The van der Waals surface area contributed by atoms with Gasteiger partial charge >= 0.3 is 66.1 Å². The minimum absolute atomic E-state index is 1.85. The molecule has 2 saturated heterocycles. The Bertz CT molecular complexity index is 963. The van der Waals surface area contributed by atoms with Crippen LogP contribution >= 0.6 is 0 Å². The Kier molecular flexibility index (Phi) is 13.3. The molecule has 246 valence electrons. The molecule has 26 heteroatoms. The molecule has 2 aliphatic heterocycles.